The van der Waals surface area contributed by atoms with E-state index in [9.17, 15) is 0 Å². The van der Waals surface area contributed by atoms with Gasteiger partial charge in [0.25, 0.3) is 0 Å². The zero-order valence-electron chi connectivity index (χ0n) is 9.42. The monoisotopic (exact) mass is 205 g/mol. The molecule has 0 amide bonds. The maximum Gasteiger partial charge on any atom is 0.128 e. The summed E-state index contributed by atoms with van der Waals surface area (Å²) in [7, 11) is 1.98. The van der Waals surface area contributed by atoms with Gasteiger partial charge < -0.3 is 5.32 Å². The average molecular weight is 205 g/mol. The third kappa shape index (κ3) is 2.75. The fourth-order valence-electron chi connectivity index (χ4n) is 2.06. The van der Waals surface area contributed by atoms with Gasteiger partial charge >= 0.3 is 0 Å². The lowest BCUT2D eigenvalue weighted by molar-refractivity contribution is 0.643. The van der Waals surface area contributed by atoms with Gasteiger partial charge in [-0.15, -0.1) is 0 Å². The molecule has 1 aromatic heterocycles. The van der Waals surface area contributed by atoms with Crippen molar-refractivity contribution in [3.05, 3.63) is 23.3 Å². The van der Waals surface area contributed by atoms with Gasteiger partial charge in [-0.1, -0.05) is 0 Å². The second-order valence-electron chi connectivity index (χ2n) is 4.17. The molecule has 1 heterocycles. The third-order valence-corrected chi connectivity index (χ3v) is 2.94. The molecule has 82 valence electrons. The molecule has 0 fully saturated rings. The lowest BCUT2D eigenvalue weighted by atomic mass is 9.97. The minimum Gasteiger partial charge on any atom is -0.320 e. The standard InChI is InChI=1S/C12H19N3/c1-13-8-4-7-12-14-9-10-5-2-3-6-11(10)15-12/h9,13H,2-8H2,1H3. The fraction of sp³-hybridized carbons (Fsp3) is 0.667. The van der Waals surface area contributed by atoms with Gasteiger partial charge in [-0.3, -0.25) is 0 Å². The van der Waals surface area contributed by atoms with Crippen molar-refractivity contribution < 1.29 is 0 Å². The van der Waals surface area contributed by atoms with Crippen LogP contribution in [-0.2, 0) is 19.3 Å². The van der Waals surface area contributed by atoms with Crippen molar-refractivity contribution in [1.29, 1.82) is 0 Å². The Morgan fingerprint density at radius 2 is 2.20 bits per heavy atom. The summed E-state index contributed by atoms with van der Waals surface area (Å²) >= 11 is 0. The van der Waals surface area contributed by atoms with Crippen LogP contribution in [0.25, 0.3) is 0 Å². The van der Waals surface area contributed by atoms with Crippen LogP contribution in [0.2, 0.25) is 0 Å². The molecule has 0 aliphatic heterocycles. The number of hydrogen-bond acceptors (Lipinski definition) is 3. The molecular weight excluding hydrogens is 186 g/mol. The summed E-state index contributed by atoms with van der Waals surface area (Å²) in [5, 5.41) is 3.14. The molecule has 0 radical (unpaired) electrons. The maximum absolute atomic E-state index is 4.65. The Bertz CT molecular complexity index is 323. The molecule has 0 saturated carbocycles. The highest BCUT2D eigenvalue weighted by Gasteiger charge is 2.11. The molecule has 2 rings (SSSR count). The van der Waals surface area contributed by atoms with E-state index in [0.717, 1.165) is 31.6 Å². The van der Waals surface area contributed by atoms with Crippen molar-refractivity contribution in [3.8, 4) is 0 Å². The van der Waals surface area contributed by atoms with E-state index >= 15 is 0 Å². The Hall–Kier alpha value is -0.960. The second-order valence-corrected chi connectivity index (χ2v) is 4.17. The smallest absolute Gasteiger partial charge is 0.128 e. The molecule has 3 heteroatoms. The highest BCUT2D eigenvalue weighted by molar-refractivity contribution is 5.20. The van der Waals surface area contributed by atoms with Crippen molar-refractivity contribution in [1.82, 2.24) is 15.3 Å². The molecule has 15 heavy (non-hydrogen) atoms. The van der Waals surface area contributed by atoms with Crippen molar-refractivity contribution >= 4 is 0 Å². The van der Waals surface area contributed by atoms with Crippen LogP contribution in [0, 0.1) is 0 Å². The van der Waals surface area contributed by atoms with Crippen LogP contribution < -0.4 is 5.32 Å². The quantitative estimate of drug-likeness (QED) is 0.757. The Morgan fingerprint density at radius 1 is 1.33 bits per heavy atom. The van der Waals surface area contributed by atoms with Crippen LogP contribution in [0.1, 0.15) is 36.3 Å². The first-order valence-electron chi connectivity index (χ1n) is 5.88. The van der Waals surface area contributed by atoms with E-state index in [1.54, 1.807) is 0 Å². The van der Waals surface area contributed by atoms with E-state index < -0.39 is 0 Å². The van der Waals surface area contributed by atoms with Gasteiger partial charge in [0.15, 0.2) is 0 Å². The van der Waals surface area contributed by atoms with Crippen LogP contribution in [0.3, 0.4) is 0 Å². The van der Waals surface area contributed by atoms with Crippen molar-refractivity contribution in [2.45, 2.75) is 38.5 Å². The molecule has 1 aliphatic carbocycles. The fourth-order valence-corrected chi connectivity index (χ4v) is 2.06. The number of fused-ring (bicyclic) bond motifs is 1. The van der Waals surface area contributed by atoms with Gasteiger partial charge in [0, 0.05) is 18.3 Å². The molecule has 1 aliphatic rings. The number of nitrogens with zero attached hydrogens (tertiary/aromatic N) is 2. The summed E-state index contributed by atoms with van der Waals surface area (Å²) in [5.41, 5.74) is 2.68. The maximum atomic E-state index is 4.65. The summed E-state index contributed by atoms with van der Waals surface area (Å²) in [4.78, 5) is 9.07. The van der Waals surface area contributed by atoms with Gasteiger partial charge in [-0.25, -0.2) is 9.97 Å². The van der Waals surface area contributed by atoms with Crippen molar-refractivity contribution in [2.24, 2.45) is 0 Å². The van der Waals surface area contributed by atoms with Gasteiger partial charge in [0.05, 0.1) is 0 Å². The zero-order valence-corrected chi connectivity index (χ0v) is 9.42. The van der Waals surface area contributed by atoms with Crippen LogP contribution in [-0.4, -0.2) is 23.6 Å². The van der Waals surface area contributed by atoms with E-state index in [4.69, 9.17) is 0 Å². The molecule has 0 unspecified atom stereocenters. The SMILES string of the molecule is CNCCCc1ncc2c(n1)CCCC2. The van der Waals surface area contributed by atoms with Gasteiger partial charge in [-0.2, -0.15) is 0 Å². The van der Waals surface area contributed by atoms with E-state index in [1.807, 2.05) is 13.2 Å². The predicted molar refractivity (Wildman–Crippen MR) is 60.9 cm³/mol. The lowest BCUT2D eigenvalue weighted by Gasteiger charge is -2.14. The highest BCUT2D eigenvalue weighted by atomic mass is 14.9. The minimum atomic E-state index is 0.994. The van der Waals surface area contributed by atoms with E-state index in [-0.39, 0.29) is 0 Å². The summed E-state index contributed by atoms with van der Waals surface area (Å²) in [5.74, 6) is 1.02. The molecule has 0 saturated heterocycles. The van der Waals surface area contributed by atoms with E-state index in [0.29, 0.717) is 0 Å². The van der Waals surface area contributed by atoms with Gasteiger partial charge in [0.2, 0.25) is 0 Å². The van der Waals surface area contributed by atoms with Crippen LogP contribution in [0.5, 0.6) is 0 Å². The highest BCUT2D eigenvalue weighted by Crippen LogP contribution is 2.18. The number of aromatic nitrogens is 2. The summed E-state index contributed by atoms with van der Waals surface area (Å²) < 4.78 is 0. The summed E-state index contributed by atoms with van der Waals surface area (Å²) in [6, 6.07) is 0. The Morgan fingerprint density at radius 3 is 3.07 bits per heavy atom. The molecule has 0 atom stereocenters. The zero-order chi connectivity index (χ0) is 10.5. The first-order valence-corrected chi connectivity index (χ1v) is 5.88. The normalized spacial score (nSPS) is 15.0. The molecule has 0 spiro atoms. The number of nitrogens with one attached hydrogen (secondary N) is 1. The predicted octanol–water partition coefficient (Wildman–Crippen LogP) is 1.51. The average Bonchev–Trinajstić information content (AvgIpc) is 2.29. The number of rotatable bonds is 4. The van der Waals surface area contributed by atoms with E-state index in [2.05, 4.69) is 15.3 Å². The van der Waals surface area contributed by atoms with Gasteiger partial charge in [0.1, 0.15) is 5.82 Å². The summed E-state index contributed by atoms with van der Waals surface area (Å²) in [6.45, 7) is 1.04. The Kier molecular flexibility index (Phi) is 3.67. The summed E-state index contributed by atoms with van der Waals surface area (Å²) in [6.07, 6.45) is 9.07. The first kappa shape index (κ1) is 10.6. The van der Waals surface area contributed by atoms with Crippen molar-refractivity contribution in [2.75, 3.05) is 13.6 Å². The molecular formula is C12H19N3. The Labute approximate surface area is 91.3 Å². The van der Waals surface area contributed by atoms with Crippen LogP contribution >= 0.6 is 0 Å². The Balaban J connectivity index is 2.00. The number of aryl methyl sites for hydroxylation is 3. The van der Waals surface area contributed by atoms with Crippen molar-refractivity contribution in [3.63, 3.8) is 0 Å². The topological polar surface area (TPSA) is 37.8 Å². The number of hydrogen-bond donors (Lipinski definition) is 1. The molecule has 0 aromatic carbocycles. The molecule has 0 bridgehead atoms. The largest absolute Gasteiger partial charge is 0.320 e. The minimum absolute atomic E-state index is 0.994. The third-order valence-electron chi connectivity index (χ3n) is 2.94. The van der Waals surface area contributed by atoms with Gasteiger partial charge in [-0.05, 0) is 51.3 Å². The lowest BCUT2D eigenvalue weighted by Crippen LogP contribution is -2.12. The second kappa shape index (κ2) is 5.21. The van der Waals surface area contributed by atoms with Crippen LogP contribution in [0.4, 0.5) is 0 Å². The molecule has 3 nitrogen and oxygen atoms in total. The van der Waals surface area contributed by atoms with Crippen LogP contribution in [0.15, 0.2) is 6.20 Å². The first-order chi connectivity index (χ1) is 7.40. The molecule has 1 aromatic rings. The molecule has 1 N–H and O–H groups in total. The van der Waals surface area contributed by atoms with E-state index in [1.165, 1.54) is 30.5 Å².